The first kappa shape index (κ1) is 16.0. The number of sulfonamides is 1. The Hall–Kier alpha value is -1.40. The molecule has 1 aliphatic rings. The normalized spacial score (nSPS) is 21.0. The van der Waals surface area contributed by atoms with Crippen molar-refractivity contribution in [3.63, 3.8) is 0 Å². The zero-order chi connectivity index (χ0) is 15.6. The van der Waals surface area contributed by atoms with E-state index in [4.69, 9.17) is 5.11 Å². The second-order valence-electron chi connectivity index (χ2n) is 5.72. The molecule has 0 saturated carbocycles. The number of hydrogen-bond acceptors (Lipinski definition) is 3. The van der Waals surface area contributed by atoms with Crippen LogP contribution in [0.15, 0.2) is 23.1 Å². The van der Waals surface area contributed by atoms with Crippen molar-refractivity contribution in [2.24, 2.45) is 5.92 Å². The maximum atomic E-state index is 12.7. The number of nitrogens with zero attached hydrogens (tertiary/aromatic N) is 1. The number of aryl methyl sites for hydroxylation is 1. The lowest BCUT2D eigenvalue weighted by Crippen LogP contribution is -2.32. The van der Waals surface area contributed by atoms with Crippen LogP contribution in [0.2, 0.25) is 0 Å². The lowest BCUT2D eigenvalue weighted by Gasteiger charge is -2.20. The summed E-state index contributed by atoms with van der Waals surface area (Å²) in [6.07, 6.45) is 2.72. The van der Waals surface area contributed by atoms with Crippen molar-refractivity contribution in [3.05, 3.63) is 29.3 Å². The number of carboxylic acid groups (broad SMARTS) is 1. The monoisotopic (exact) mass is 311 g/mol. The molecule has 1 heterocycles. The average molecular weight is 311 g/mol. The van der Waals surface area contributed by atoms with E-state index in [0.29, 0.717) is 24.6 Å². The third kappa shape index (κ3) is 3.44. The topological polar surface area (TPSA) is 74.7 Å². The summed E-state index contributed by atoms with van der Waals surface area (Å²) in [4.78, 5) is 11.2. The first-order valence-corrected chi connectivity index (χ1v) is 8.60. The number of carbonyl (C=O) groups is 1. The molecule has 116 valence electrons. The van der Waals surface area contributed by atoms with Crippen LogP contribution in [-0.2, 0) is 10.0 Å². The summed E-state index contributed by atoms with van der Waals surface area (Å²) < 4.78 is 26.8. The van der Waals surface area contributed by atoms with Gasteiger partial charge in [-0.25, -0.2) is 13.2 Å². The van der Waals surface area contributed by atoms with Gasteiger partial charge in [0.1, 0.15) is 0 Å². The van der Waals surface area contributed by atoms with E-state index in [9.17, 15) is 13.2 Å². The molecule has 1 atom stereocenters. The van der Waals surface area contributed by atoms with Crippen molar-refractivity contribution in [2.75, 3.05) is 13.1 Å². The van der Waals surface area contributed by atoms with Crippen LogP contribution in [0.25, 0.3) is 0 Å². The van der Waals surface area contributed by atoms with Crippen molar-refractivity contribution in [2.45, 2.75) is 38.0 Å². The van der Waals surface area contributed by atoms with Gasteiger partial charge in [0.25, 0.3) is 0 Å². The Labute approximate surface area is 125 Å². The Balaban J connectivity index is 2.35. The van der Waals surface area contributed by atoms with Crippen LogP contribution >= 0.6 is 0 Å². The number of benzene rings is 1. The van der Waals surface area contributed by atoms with Gasteiger partial charge in [-0.3, -0.25) is 0 Å². The number of rotatable bonds is 3. The van der Waals surface area contributed by atoms with Gasteiger partial charge < -0.3 is 5.11 Å². The number of hydrogen-bond donors (Lipinski definition) is 1. The van der Waals surface area contributed by atoms with Crippen LogP contribution < -0.4 is 0 Å². The third-order valence-corrected chi connectivity index (χ3v) is 5.95. The molecule has 1 aliphatic heterocycles. The molecular formula is C15H21NO4S. The van der Waals surface area contributed by atoms with Crippen LogP contribution in [-0.4, -0.2) is 36.9 Å². The molecular weight excluding hydrogens is 290 g/mol. The van der Waals surface area contributed by atoms with Gasteiger partial charge in [-0.2, -0.15) is 4.31 Å². The SMILES string of the molecule is Cc1ccc(S(=O)(=O)N2CCCC(C)CC2)cc1C(=O)O. The highest BCUT2D eigenvalue weighted by Gasteiger charge is 2.27. The fraction of sp³-hybridized carbons (Fsp3) is 0.533. The highest BCUT2D eigenvalue weighted by molar-refractivity contribution is 7.89. The number of carboxylic acids is 1. The highest BCUT2D eigenvalue weighted by atomic mass is 32.2. The minimum Gasteiger partial charge on any atom is -0.478 e. The van der Waals surface area contributed by atoms with Crippen LogP contribution in [0.5, 0.6) is 0 Å². The van der Waals surface area contributed by atoms with Gasteiger partial charge in [-0.1, -0.05) is 13.0 Å². The Kier molecular flexibility index (Phi) is 4.68. The lowest BCUT2D eigenvalue weighted by atomic mass is 10.0. The van der Waals surface area contributed by atoms with Crippen LogP contribution in [0.1, 0.15) is 42.1 Å². The first-order valence-electron chi connectivity index (χ1n) is 7.16. The molecule has 0 amide bonds. The van der Waals surface area contributed by atoms with Gasteiger partial charge in [-0.15, -0.1) is 0 Å². The molecule has 0 aliphatic carbocycles. The second kappa shape index (κ2) is 6.15. The molecule has 2 rings (SSSR count). The second-order valence-corrected chi connectivity index (χ2v) is 7.66. The third-order valence-electron chi connectivity index (χ3n) is 4.05. The standard InChI is InChI=1S/C15H21NO4S/c1-11-4-3-8-16(9-7-11)21(19,20)13-6-5-12(2)14(10-13)15(17)18/h5-6,10-11H,3-4,7-9H2,1-2H3,(H,17,18). The molecule has 0 bridgehead atoms. The van der Waals surface area contributed by atoms with Gasteiger partial charge in [0, 0.05) is 13.1 Å². The molecule has 1 saturated heterocycles. The predicted molar refractivity (Wildman–Crippen MR) is 79.9 cm³/mol. The summed E-state index contributed by atoms with van der Waals surface area (Å²) in [5.74, 6) is -0.577. The van der Waals surface area contributed by atoms with Crippen LogP contribution in [0.3, 0.4) is 0 Å². The maximum absolute atomic E-state index is 12.7. The fourth-order valence-corrected chi connectivity index (χ4v) is 4.14. The molecule has 6 heteroatoms. The first-order chi connectivity index (χ1) is 9.82. The van der Waals surface area contributed by atoms with E-state index >= 15 is 0 Å². The van der Waals surface area contributed by atoms with E-state index in [0.717, 1.165) is 19.3 Å². The Bertz CT molecular complexity index is 639. The van der Waals surface area contributed by atoms with Crippen molar-refractivity contribution in [1.82, 2.24) is 4.31 Å². The lowest BCUT2D eigenvalue weighted by molar-refractivity contribution is 0.0696. The molecule has 0 aromatic heterocycles. The quantitative estimate of drug-likeness (QED) is 0.930. The van der Waals surface area contributed by atoms with Gasteiger partial charge >= 0.3 is 5.97 Å². The largest absolute Gasteiger partial charge is 0.478 e. The van der Waals surface area contributed by atoms with E-state index < -0.39 is 16.0 Å². The smallest absolute Gasteiger partial charge is 0.335 e. The summed E-state index contributed by atoms with van der Waals surface area (Å²) in [5.41, 5.74) is 0.602. The molecule has 1 unspecified atom stereocenters. The average Bonchev–Trinajstić information content (AvgIpc) is 2.63. The predicted octanol–water partition coefficient (Wildman–Crippen LogP) is 2.50. The van der Waals surface area contributed by atoms with Crippen molar-refractivity contribution < 1.29 is 18.3 Å². The highest BCUT2D eigenvalue weighted by Crippen LogP contribution is 2.24. The minimum atomic E-state index is -3.61. The molecule has 1 aromatic rings. The summed E-state index contributed by atoms with van der Waals surface area (Å²) in [7, 11) is -3.61. The summed E-state index contributed by atoms with van der Waals surface area (Å²) in [6, 6.07) is 4.31. The van der Waals surface area contributed by atoms with E-state index in [2.05, 4.69) is 6.92 Å². The Morgan fingerprint density at radius 1 is 1.29 bits per heavy atom. The summed E-state index contributed by atoms with van der Waals surface area (Å²) in [6.45, 7) is 4.79. The van der Waals surface area contributed by atoms with Gasteiger partial charge in [0.05, 0.1) is 10.5 Å². The Morgan fingerprint density at radius 3 is 2.67 bits per heavy atom. The van der Waals surface area contributed by atoms with Gasteiger partial charge in [-0.05, 0) is 49.8 Å². The van der Waals surface area contributed by atoms with Crippen molar-refractivity contribution >= 4 is 16.0 Å². The summed E-state index contributed by atoms with van der Waals surface area (Å²) >= 11 is 0. The van der Waals surface area contributed by atoms with Gasteiger partial charge in [0.2, 0.25) is 10.0 Å². The zero-order valence-electron chi connectivity index (χ0n) is 12.4. The van der Waals surface area contributed by atoms with E-state index in [1.54, 1.807) is 13.0 Å². The van der Waals surface area contributed by atoms with Crippen LogP contribution in [0, 0.1) is 12.8 Å². The summed E-state index contributed by atoms with van der Waals surface area (Å²) in [5, 5.41) is 9.14. The van der Waals surface area contributed by atoms with Crippen molar-refractivity contribution in [1.29, 1.82) is 0 Å². The Morgan fingerprint density at radius 2 is 2.00 bits per heavy atom. The molecule has 1 N–H and O–H groups in total. The number of aromatic carboxylic acids is 1. The fourth-order valence-electron chi connectivity index (χ4n) is 2.62. The van der Waals surface area contributed by atoms with E-state index in [1.165, 1.54) is 16.4 Å². The minimum absolute atomic E-state index is 0.0410. The molecule has 1 aromatic carbocycles. The van der Waals surface area contributed by atoms with Crippen molar-refractivity contribution in [3.8, 4) is 0 Å². The molecule has 21 heavy (non-hydrogen) atoms. The van der Waals surface area contributed by atoms with E-state index in [-0.39, 0.29) is 10.5 Å². The molecule has 0 radical (unpaired) electrons. The maximum Gasteiger partial charge on any atom is 0.335 e. The molecule has 5 nitrogen and oxygen atoms in total. The van der Waals surface area contributed by atoms with Crippen LogP contribution in [0.4, 0.5) is 0 Å². The van der Waals surface area contributed by atoms with E-state index in [1.807, 2.05) is 0 Å². The molecule has 1 fully saturated rings. The van der Waals surface area contributed by atoms with Gasteiger partial charge in [0.15, 0.2) is 0 Å². The zero-order valence-corrected chi connectivity index (χ0v) is 13.2. The molecule has 0 spiro atoms.